The SMILES string of the molecule is CNC(C)(CCCCN(C)Cc1nccn1C)C(=O)OC. The number of ether oxygens (including phenoxy) is 1. The van der Waals surface area contributed by atoms with E-state index in [0.29, 0.717) is 0 Å². The lowest BCUT2D eigenvalue weighted by atomic mass is 9.95. The monoisotopic (exact) mass is 296 g/mol. The van der Waals surface area contributed by atoms with E-state index in [1.807, 2.05) is 30.9 Å². The zero-order valence-electron chi connectivity index (χ0n) is 13.8. The molecule has 0 fully saturated rings. The van der Waals surface area contributed by atoms with Crippen molar-refractivity contribution in [2.24, 2.45) is 7.05 Å². The average molecular weight is 296 g/mol. The third kappa shape index (κ3) is 5.13. The predicted molar refractivity (Wildman–Crippen MR) is 82.9 cm³/mol. The van der Waals surface area contributed by atoms with E-state index >= 15 is 0 Å². The summed E-state index contributed by atoms with van der Waals surface area (Å²) in [6, 6.07) is 0. The van der Waals surface area contributed by atoms with Gasteiger partial charge in [-0.15, -0.1) is 0 Å². The second kappa shape index (κ2) is 8.14. The van der Waals surface area contributed by atoms with Gasteiger partial charge in [0.2, 0.25) is 0 Å². The fourth-order valence-corrected chi connectivity index (χ4v) is 2.28. The predicted octanol–water partition coefficient (Wildman–Crippen LogP) is 1.17. The van der Waals surface area contributed by atoms with E-state index in [1.165, 1.54) is 7.11 Å². The zero-order chi connectivity index (χ0) is 15.9. The van der Waals surface area contributed by atoms with Crippen LogP contribution in [-0.4, -0.2) is 53.7 Å². The molecule has 1 unspecified atom stereocenters. The fourth-order valence-electron chi connectivity index (χ4n) is 2.28. The lowest BCUT2D eigenvalue weighted by Crippen LogP contribution is -2.48. The highest BCUT2D eigenvalue weighted by Crippen LogP contribution is 2.15. The number of hydrogen-bond donors (Lipinski definition) is 1. The Morgan fingerprint density at radius 3 is 2.76 bits per heavy atom. The van der Waals surface area contributed by atoms with E-state index in [9.17, 15) is 4.79 Å². The smallest absolute Gasteiger partial charge is 0.325 e. The number of nitrogens with zero attached hydrogens (tertiary/aromatic N) is 3. The van der Waals surface area contributed by atoms with Gasteiger partial charge in [-0.05, 0) is 46.8 Å². The summed E-state index contributed by atoms with van der Waals surface area (Å²) in [7, 11) is 7.32. The Hall–Kier alpha value is -1.40. The normalized spacial score (nSPS) is 14.2. The van der Waals surface area contributed by atoms with Crippen LogP contribution in [0.15, 0.2) is 12.4 Å². The molecule has 1 aromatic heterocycles. The van der Waals surface area contributed by atoms with Crippen molar-refractivity contribution < 1.29 is 9.53 Å². The van der Waals surface area contributed by atoms with E-state index in [2.05, 4.69) is 22.2 Å². The summed E-state index contributed by atoms with van der Waals surface area (Å²) < 4.78 is 6.88. The van der Waals surface area contributed by atoms with Gasteiger partial charge in [0.25, 0.3) is 0 Å². The van der Waals surface area contributed by atoms with Crippen LogP contribution in [0.3, 0.4) is 0 Å². The first-order valence-electron chi connectivity index (χ1n) is 7.35. The third-order valence-corrected chi connectivity index (χ3v) is 3.99. The minimum Gasteiger partial charge on any atom is -0.468 e. The molecule has 120 valence electrons. The van der Waals surface area contributed by atoms with Crippen molar-refractivity contribution in [2.75, 3.05) is 27.7 Å². The molecule has 0 saturated carbocycles. The van der Waals surface area contributed by atoms with Crippen LogP contribution in [0.25, 0.3) is 0 Å². The molecule has 1 rings (SSSR count). The van der Waals surface area contributed by atoms with Crippen LogP contribution in [0.4, 0.5) is 0 Å². The first kappa shape index (κ1) is 17.7. The van der Waals surface area contributed by atoms with Gasteiger partial charge >= 0.3 is 5.97 Å². The van der Waals surface area contributed by atoms with Gasteiger partial charge in [-0.2, -0.15) is 0 Å². The number of aromatic nitrogens is 2. The summed E-state index contributed by atoms with van der Waals surface area (Å²) in [5.74, 6) is 0.860. The molecule has 6 heteroatoms. The molecule has 0 aliphatic heterocycles. The van der Waals surface area contributed by atoms with Crippen molar-refractivity contribution in [3.8, 4) is 0 Å². The Balaban J connectivity index is 2.30. The average Bonchev–Trinajstić information content (AvgIpc) is 2.87. The van der Waals surface area contributed by atoms with Crippen molar-refractivity contribution in [1.29, 1.82) is 0 Å². The molecule has 1 atom stereocenters. The summed E-state index contributed by atoms with van der Waals surface area (Å²) in [6.07, 6.45) is 6.55. The minimum absolute atomic E-state index is 0.202. The highest BCUT2D eigenvalue weighted by atomic mass is 16.5. The summed E-state index contributed by atoms with van der Waals surface area (Å²) in [4.78, 5) is 18.3. The Morgan fingerprint density at radius 1 is 1.52 bits per heavy atom. The van der Waals surface area contributed by atoms with Gasteiger partial charge in [0.05, 0.1) is 13.7 Å². The van der Waals surface area contributed by atoms with Crippen LogP contribution >= 0.6 is 0 Å². The second-order valence-corrected chi connectivity index (χ2v) is 5.72. The number of imidazole rings is 1. The molecule has 21 heavy (non-hydrogen) atoms. The van der Waals surface area contributed by atoms with Gasteiger partial charge in [-0.1, -0.05) is 0 Å². The number of carbonyl (C=O) groups excluding carboxylic acids is 1. The Kier molecular flexibility index (Phi) is 6.84. The first-order chi connectivity index (χ1) is 9.92. The van der Waals surface area contributed by atoms with Crippen molar-refractivity contribution in [3.05, 3.63) is 18.2 Å². The van der Waals surface area contributed by atoms with Crippen LogP contribution in [0.2, 0.25) is 0 Å². The number of methoxy groups -OCH3 is 1. The molecule has 6 nitrogen and oxygen atoms in total. The molecule has 1 heterocycles. The van der Waals surface area contributed by atoms with Crippen molar-refractivity contribution >= 4 is 5.97 Å². The van der Waals surface area contributed by atoms with Gasteiger partial charge in [0.15, 0.2) is 0 Å². The zero-order valence-corrected chi connectivity index (χ0v) is 13.8. The van der Waals surface area contributed by atoms with E-state index in [0.717, 1.165) is 38.2 Å². The Labute approximate surface area is 127 Å². The van der Waals surface area contributed by atoms with Crippen molar-refractivity contribution in [2.45, 2.75) is 38.3 Å². The number of aryl methyl sites for hydroxylation is 1. The topological polar surface area (TPSA) is 59.4 Å². The van der Waals surface area contributed by atoms with Gasteiger partial charge in [0, 0.05) is 19.4 Å². The molecular formula is C15H28N4O2. The molecule has 0 radical (unpaired) electrons. The number of nitrogens with one attached hydrogen (secondary N) is 1. The highest BCUT2D eigenvalue weighted by Gasteiger charge is 2.31. The number of carbonyl (C=O) groups is 1. The van der Waals surface area contributed by atoms with Crippen LogP contribution in [0.1, 0.15) is 32.0 Å². The molecule has 0 spiro atoms. The van der Waals surface area contributed by atoms with Crippen molar-refractivity contribution in [3.63, 3.8) is 0 Å². The maximum Gasteiger partial charge on any atom is 0.325 e. The maximum atomic E-state index is 11.7. The number of likely N-dealkylation sites (N-methyl/N-ethyl adjacent to an activating group) is 1. The molecule has 0 aliphatic carbocycles. The van der Waals surface area contributed by atoms with Crippen molar-refractivity contribution in [1.82, 2.24) is 19.8 Å². The van der Waals surface area contributed by atoms with Crippen LogP contribution in [0.5, 0.6) is 0 Å². The lowest BCUT2D eigenvalue weighted by molar-refractivity contribution is -0.148. The summed E-state index contributed by atoms with van der Waals surface area (Å²) >= 11 is 0. The fraction of sp³-hybridized carbons (Fsp3) is 0.733. The van der Waals surface area contributed by atoms with Crippen LogP contribution in [-0.2, 0) is 23.1 Å². The number of esters is 1. The minimum atomic E-state index is -0.590. The molecule has 0 saturated heterocycles. The lowest BCUT2D eigenvalue weighted by Gasteiger charge is -2.26. The third-order valence-electron chi connectivity index (χ3n) is 3.99. The van der Waals surface area contributed by atoms with Gasteiger partial charge in [0.1, 0.15) is 11.4 Å². The maximum absolute atomic E-state index is 11.7. The standard InChI is InChI=1S/C15H28N4O2/c1-15(16-2,14(20)21-5)8-6-7-10-18(3)12-13-17-9-11-19(13)4/h9,11,16H,6-8,10,12H2,1-5H3. The second-order valence-electron chi connectivity index (χ2n) is 5.72. The molecular weight excluding hydrogens is 268 g/mol. The van der Waals surface area contributed by atoms with E-state index in [4.69, 9.17) is 4.74 Å². The molecule has 1 aromatic rings. The van der Waals surface area contributed by atoms with Gasteiger partial charge < -0.3 is 14.6 Å². The Bertz CT molecular complexity index is 447. The largest absolute Gasteiger partial charge is 0.468 e. The molecule has 0 aromatic carbocycles. The number of hydrogen-bond acceptors (Lipinski definition) is 5. The van der Waals surface area contributed by atoms with E-state index in [1.54, 1.807) is 7.05 Å². The number of rotatable bonds is 9. The van der Waals surface area contributed by atoms with Crippen LogP contribution < -0.4 is 5.32 Å². The quantitative estimate of drug-likeness (QED) is 0.547. The van der Waals surface area contributed by atoms with E-state index in [-0.39, 0.29) is 5.97 Å². The Morgan fingerprint density at radius 2 is 2.24 bits per heavy atom. The summed E-state index contributed by atoms with van der Waals surface area (Å²) in [5, 5.41) is 3.06. The van der Waals surface area contributed by atoms with Gasteiger partial charge in [-0.25, -0.2) is 4.98 Å². The molecule has 0 bridgehead atoms. The first-order valence-corrected chi connectivity index (χ1v) is 7.35. The molecule has 1 N–H and O–H groups in total. The number of unbranched alkanes of at least 4 members (excludes halogenated alkanes) is 1. The summed E-state index contributed by atoms with van der Waals surface area (Å²) in [6.45, 7) is 3.70. The van der Waals surface area contributed by atoms with Crippen LogP contribution in [0, 0.1) is 0 Å². The molecule has 0 aliphatic rings. The van der Waals surface area contributed by atoms with Gasteiger partial charge in [-0.3, -0.25) is 9.69 Å². The van der Waals surface area contributed by atoms with E-state index < -0.39 is 5.54 Å². The molecule has 0 amide bonds. The highest BCUT2D eigenvalue weighted by molar-refractivity contribution is 5.80. The summed E-state index contributed by atoms with van der Waals surface area (Å²) in [5.41, 5.74) is -0.590.